The smallest absolute Gasteiger partial charge is 0.319 e. The Balaban J connectivity index is 1.27. The van der Waals surface area contributed by atoms with Crippen molar-refractivity contribution in [1.82, 2.24) is 10.2 Å². The zero-order valence-electron chi connectivity index (χ0n) is 19.4. The standard InChI is InChI=1S/C25H33N5O3/c1-19-17-30(18-20(2)33-19)23-11-7-6-10-22(23)27-25(32)26-16-24(31)29-14-12-28(13-15-29)21-8-4-3-5-9-21/h3-11,19-20H,12-18H2,1-2H3,(H2,26,27,32). The zero-order valence-corrected chi connectivity index (χ0v) is 19.4. The molecule has 0 aromatic heterocycles. The third-order valence-corrected chi connectivity index (χ3v) is 6.07. The lowest BCUT2D eigenvalue weighted by Crippen LogP contribution is -2.51. The van der Waals surface area contributed by atoms with E-state index in [1.165, 1.54) is 5.69 Å². The first-order valence-electron chi connectivity index (χ1n) is 11.6. The highest BCUT2D eigenvalue weighted by atomic mass is 16.5. The first kappa shape index (κ1) is 22.9. The molecule has 0 spiro atoms. The molecule has 2 saturated heterocycles. The van der Waals surface area contributed by atoms with Gasteiger partial charge in [0.2, 0.25) is 5.91 Å². The Morgan fingerprint density at radius 2 is 1.52 bits per heavy atom. The van der Waals surface area contributed by atoms with Crippen LogP contribution in [0.2, 0.25) is 0 Å². The van der Waals surface area contributed by atoms with Crippen LogP contribution in [0.5, 0.6) is 0 Å². The molecule has 2 aromatic rings. The van der Waals surface area contributed by atoms with Crippen LogP contribution in [0.15, 0.2) is 54.6 Å². The summed E-state index contributed by atoms with van der Waals surface area (Å²) < 4.78 is 5.83. The van der Waals surface area contributed by atoms with Gasteiger partial charge in [0, 0.05) is 45.0 Å². The number of urea groups is 1. The average molecular weight is 452 g/mol. The minimum absolute atomic E-state index is 0.0229. The molecule has 176 valence electrons. The van der Waals surface area contributed by atoms with E-state index in [0.29, 0.717) is 13.1 Å². The lowest BCUT2D eigenvalue weighted by atomic mass is 10.1. The third-order valence-electron chi connectivity index (χ3n) is 6.07. The maximum absolute atomic E-state index is 12.6. The van der Waals surface area contributed by atoms with Gasteiger partial charge in [0.15, 0.2) is 0 Å². The average Bonchev–Trinajstić information content (AvgIpc) is 2.83. The van der Waals surface area contributed by atoms with Crippen molar-refractivity contribution >= 4 is 29.0 Å². The van der Waals surface area contributed by atoms with Crippen molar-refractivity contribution in [2.24, 2.45) is 0 Å². The number of benzene rings is 2. The molecule has 2 aromatic carbocycles. The summed E-state index contributed by atoms with van der Waals surface area (Å²) in [7, 11) is 0. The second-order valence-electron chi connectivity index (χ2n) is 8.69. The van der Waals surface area contributed by atoms with E-state index in [0.717, 1.165) is 37.6 Å². The molecule has 3 amide bonds. The van der Waals surface area contributed by atoms with E-state index < -0.39 is 0 Å². The molecule has 2 N–H and O–H groups in total. The summed E-state index contributed by atoms with van der Waals surface area (Å²) in [6, 6.07) is 17.6. The van der Waals surface area contributed by atoms with Crippen molar-refractivity contribution in [3.05, 3.63) is 54.6 Å². The van der Waals surface area contributed by atoms with Gasteiger partial charge in [-0.15, -0.1) is 0 Å². The quantitative estimate of drug-likeness (QED) is 0.731. The van der Waals surface area contributed by atoms with E-state index in [1.54, 1.807) is 0 Å². The van der Waals surface area contributed by atoms with Gasteiger partial charge in [0.05, 0.1) is 30.1 Å². The number of carbonyl (C=O) groups is 2. The first-order chi connectivity index (χ1) is 16.0. The fraction of sp³-hybridized carbons (Fsp3) is 0.440. The lowest BCUT2D eigenvalue weighted by Gasteiger charge is -2.37. The van der Waals surface area contributed by atoms with Crippen LogP contribution >= 0.6 is 0 Å². The van der Waals surface area contributed by atoms with Crippen molar-refractivity contribution in [2.45, 2.75) is 26.1 Å². The molecule has 0 bridgehead atoms. The molecule has 0 radical (unpaired) electrons. The van der Waals surface area contributed by atoms with Crippen molar-refractivity contribution < 1.29 is 14.3 Å². The van der Waals surface area contributed by atoms with E-state index in [1.807, 2.05) is 47.4 Å². The van der Waals surface area contributed by atoms with Crippen LogP contribution in [0.1, 0.15) is 13.8 Å². The predicted molar refractivity (Wildman–Crippen MR) is 131 cm³/mol. The molecule has 0 saturated carbocycles. The summed E-state index contributed by atoms with van der Waals surface area (Å²) in [5.41, 5.74) is 2.85. The molecule has 2 aliphatic heterocycles. The largest absolute Gasteiger partial charge is 0.372 e. The van der Waals surface area contributed by atoms with Gasteiger partial charge < -0.3 is 30.1 Å². The number of ether oxygens (including phenoxy) is 1. The third kappa shape index (κ3) is 5.96. The predicted octanol–water partition coefficient (Wildman–Crippen LogP) is 2.77. The number of para-hydroxylation sites is 3. The Kier molecular flexibility index (Phi) is 7.34. The summed E-state index contributed by atoms with van der Waals surface area (Å²) in [6.07, 6.45) is 0.242. The Labute approximate surface area is 195 Å². The SMILES string of the molecule is CC1CN(c2ccccc2NC(=O)NCC(=O)N2CCN(c3ccccc3)CC2)CC(C)O1. The number of morpholine rings is 1. The van der Waals surface area contributed by atoms with Gasteiger partial charge in [-0.3, -0.25) is 4.79 Å². The van der Waals surface area contributed by atoms with E-state index in [2.05, 4.69) is 46.4 Å². The van der Waals surface area contributed by atoms with Gasteiger partial charge in [-0.2, -0.15) is 0 Å². The van der Waals surface area contributed by atoms with Gasteiger partial charge in [-0.05, 0) is 38.1 Å². The fourth-order valence-electron chi connectivity index (χ4n) is 4.52. The number of rotatable bonds is 5. The summed E-state index contributed by atoms with van der Waals surface area (Å²) >= 11 is 0. The highest BCUT2D eigenvalue weighted by molar-refractivity contribution is 5.95. The van der Waals surface area contributed by atoms with Crippen molar-refractivity contribution in [2.75, 3.05) is 60.9 Å². The number of piperazine rings is 1. The summed E-state index contributed by atoms with van der Waals surface area (Å²) in [6.45, 7) is 8.46. The highest BCUT2D eigenvalue weighted by Gasteiger charge is 2.25. The van der Waals surface area contributed by atoms with Crippen LogP contribution in [0.25, 0.3) is 0 Å². The Bertz CT molecular complexity index is 936. The van der Waals surface area contributed by atoms with Gasteiger partial charge in [0.25, 0.3) is 0 Å². The minimum atomic E-state index is -0.381. The molecule has 8 heteroatoms. The highest BCUT2D eigenvalue weighted by Crippen LogP contribution is 2.28. The van der Waals surface area contributed by atoms with Crippen LogP contribution in [0.4, 0.5) is 21.9 Å². The monoisotopic (exact) mass is 451 g/mol. The molecule has 0 aliphatic carbocycles. The molecule has 4 rings (SSSR count). The van der Waals surface area contributed by atoms with Crippen LogP contribution in [-0.4, -0.2) is 74.9 Å². The zero-order chi connectivity index (χ0) is 23.2. The van der Waals surface area contributed by atoms with Crippen molar-refractivity contribution in [1.29, 1.82) is 0 Å². The molecule has 2 atom stereocenters. The molecule has 33 heavy (non-hydrogen) atoms. The van der Waals surface area contributed by atoms with Crippen LogP contribution < -0.4 is 20.4 Å². The minimum Gasteiger partial charge on any atom is -0.372 e. The van der Waals surface area contributed by atoms with Crippen LogP contribution in [0, 0.1) is 0 Å². The van der Waals surface area contributed by atoms with Gasteiger partial charge >= 0.3 is 6.03 Å². The number of amides is 3. The van der Waals surface area contributed by atoms with E-state index in [-0.39, 0.29) is 30.7 Å². The molecule has 8 nitrogen and oxygen atoms in total. The molecule has 2 fully saturated rings. The molecule has 2 heterocycles. The second kappa shape index (κ2) is 10.6. The molecular weight excluding hydrogens is 418 g/mol. The number of anilines is 3. The Hall–Kier alpha value is -3.26. The number of hydrogen-bond acceptors (Lipinski definition) is 5. The van der Waals surface area contributed by atoms with Crippen molar-refractivity contribution in [3.63, 3.8) is 0 Å². The second-order valence-corrected chi connectivity index (χ2v) is 8.69. The van der Waals surface area contributed by atoms with Crippen molar-refractivity contribution in [3.8, 4) is 0 Å². The first-order valence-corrected chi connectivity index (χ1v) is 11.6. The van der Waals surface area contributed by atoms with E-state index in [4.69, 9.17) is 4.74 Å². The van der Waals surface area contributed by atoms with E-state index >= 15 is 0 Å². The molecular formula is C25H33N5O3. The molecule has 2 unspecified atom stereocenters. The Morgan fingerprint density at radius 1 is 0.879 bits per heavy atom. The normalized spacial score (nSPS) is 21.0. The number of nitrogens with zero attached hydrogens (tertiary/aromatic N) is 3. The molecule has 2 aliphatic rings. The maximum Gasteiger partial charge on any atom is 0.319 e. The van der Waals surface area contributed by atoms with Crippen LogP contribution in [-0.2, 0) is 9.53 Å². The van der Waals surface area contributed by atoms with Gasteiger partial charge in [-0.1, -0.05) is 30.3 Å². The fourth-order valence-corrected chi connectivity index (χ4v) is 4.52. The van der Waals surface area contributed by atoms with Crippen LogP contribution in [0.3, 0.4) is 0 Å². The van der Waals surface area contributed by atoms with Gasteiger partial charge in [-0.25, -0.2) is 4.79 Å². The van der Waals surface area contributed by atoms with Gasteiger partial charge in [0.1, 0.15) is 0 Å². The lowest BCUT2D eigenvalue weighted by molar-refractivity contribution is -0.130. The number of hydrogen-bond donors (Lipinski definition) is 2. The Morgan fingerprint density at radius 3 is 2.21 bits per heavy atom. The summed E-state index contributed by atoms with van der Waals surface area (Å²) in [5, 5.41) is 5.63. The summed E-state index contributed by atoms with van der Waals surface area (Å²) in [4.78, 5) is 31.5. The summed E-state index contributed by atoms with van der Waals surface area (Å²) in [5.74, 6) is -0.0676. The number of nitrogens with one attached hydrogen (secondary N) is 2. The maximum atomic E-state index is 12.6. The number of carbonyl (C=O) groups excluding carboxylic acids is 2. The topological polar surface area (TPSA) is 77.2 Å². The van der Waals surface area contributed by atoms with E-state index in [9.17, 15) is 9.59 Å².